The van der Waals surface area contributed by atoms with Gasteiger partial charge in [-0.3, -0.25) is 4.21 Å². The van der Waals surface area contributed by atoms with Gasteiger partial charge in [-0.25, -0.2) is 22.9 Å². The highest BCUT2D eigenvalue weighted by molar-refractivity contribution is 7.90. The van der Waals surface area contributed by atoms with Crippen LogP contribution in [0.3, 0.4) is 0 Å². The first kappa shape index (κ1) is 20.7. The highest BCUT2D eigenvalue weighted by Gasteiger charge is 2.27. The summed E-state index contributed by atoms with van der Waals surface area (Å²) in [6, 6.07) is 1.42. The van der Waals surface area contributed by atoms with E-state index in [0.29, 0.717) is 21.9 Å². The van der Waals surface area contributed by atoms with E-state index < -0.39 is 20.6 Å². The summed E-state index contributed by atoms with van der Waals surface area (Å²) in [5.41, 5.74) is 5.85. The van der Waals surface area contributed by atoms with Crippen molar-refractivity contribution in [2.45, 2.75) is 44.4 Å². The number of fused-ring (bicyclic) bond motifs is 2. The molecule has 1 atom stereocenters. The number of hydrogen-bond donors (Lipinski definition) is 0. The van der Waals surface area contributed by atoms with E-state index >= 15 is 0 Å². The lowest BCUT2D eigenvalue weighted by atomic mass is 10.0. The molecule has 0 radical (unpaired) electrons. The minimum absolute atomic E-state index is 0.0557. The lowest BCUT2D eigenvalue weighted by molar-refractivity contribution is 0.598. The third-order valence-corrected chi connectivity index (χ3v) is 7.97. The molecular formula is C20H22N4O4S2. The minimum atomic E-state index is -3.43. The highest BCUT2D eigenvalue weighted by Crippen LogP contribution is 2.35. The molecule has 0 N–H and O–H groups in total. The van der Waals surface area contributed by atoms with Gasteiger partial charge in [-0.2, -0.15) is 5.10 Å². The maximum absolute atomic E-state index is 13.0. The van der Waals surface area contributed by atoms with Gasteiger partial charge in [0.05, 0.1) is 26.1 Å². The molecule has 0 aliphatic carbocycles. The van der Waals surface area contributed by atoms with E-state index in [4.69, 9.17) is 9.52 Å². The monoisotopic (exact) mass is 446 g/mol. The van der Waals surface area contributed by atoms with Crippen molar-refractivity contribution in [3.63, 3.8) is 0 Å². The van der Waals surface area contributed by atoms with Crippen molar-refractivity contribution < 1.29 is 17.0 Å². The molecule has 4 aromatic rings. The molecule has 0 amide bonds. The van der Waals surface area contributed by atoms with E-state index in [1.165, 1.54) is 12.3 Å². The molecule has 0 saturated carbocycles. The average Bonchev–Trinajstić information content (AvgIpc) is 3.30. The van der Waals surface area contributed by atoms with Crippen molar-refractivity contribution >= 4 is 37.4 Å². The van der Waals surface area contributed by atoms with Crippen molar-refractivity contribution in [2.75, 3.05) is 12.0 Å². The van der Waals surface area contributed by atoms with Crippen molar-refractivity contribution in [2.24, 2.45) is 0 Å². The fourth-order valence-electron chi connectivity index (χ4n) is 3.47. The number of aromatic nitrogens is 4. The van der Waals surface area contributed by atoms with E-state index in [0.717, 1.165) is 34.2 Å². The van der Waals surface area contributed by atoms with Crippen molar-refractivity contribution in [3.05, 3.63) is 34.6 Å². The molecule has 10 heteroatoms. The van der Waals surface area contributed by atoms with Gasteiger partial charge < -0.3 is 4.42 Å². The van der Waals surface area contributed by atoms with E-state index in [-0.39, 0.29) is 16.5 Å². The normalized spacial score (nSPS) is 13.4. The summed E-state index contributed by atoms with van der Waals surface area (Å²) in [5, 5.41) is 4.70. The Morgan fingerprint density at radius 2 is 1.83 bits per heavy atom. The maximum Gasteiger partial charge on any atom is 0.251 e. The lowest BCUT2D eigenvalue weighted by Crippen LogP contribution is -2.03. The van der Waals surface area contributed by atoms with Crippen LogP contribution in [-0.2, 0) is 20.6 Å². The van der Waals surface area contributed by atoms with E-state index in [2.05, 4.69) is 9.97 Å². The SMILES string of the molecule is CCS(=O)c1c(-c2nc3cc(S(C)(=O)=O)cnc3o2)nn2c(C)c(C)c(C)c(C)c12. The zero-order chi connectivity index (χ0) is 22.0. The molecule has 0 aliphatic rings. The largest absolute Gasteiger partial charge is 0.416 e. The van der Waals surface area contributed by atoms with Gasteiger partial charge in [0.25, 0.3) is 5.89 Å². The Morgan fingerprint density at radius 3 is 2.47 bits per heavy atom. The predicted molar refractivity (Wildman–Crippen MR) is 115 cm³/mol. The Kier molecular flexibility index (Phi) is 4.81. The molecule has 0 bridgehead atoms. The zero-order valence-electron chi connectivity index (χ0n) is 17.6. The van der Waals surface area contributed by atoms with Crippen LogP contribution < -0.4 is 0 Å². The molecule has 8 nitrogen and oxygen atoms in total. The van der Waals surface area contributed by atoms with Gasteiger partial charge >= 0.3 is 0 Å². The van der Waals surface area contributed by atoms with Crippen LogP contribution in [0.4, 0.5) is 0 Å². The minimum Gasteiger partial charge on any atom is -0.416 e. The summed E-state index contributed by atoms with van der Waals surface area (Å²) < 4.78 is 44.3. The number of hydrogen-bond acceptors (Lipinski definition) is 7. The van der Waals surface area contributed by atoms with Crippen LogP contribution in [0.15, 0.2) is 26.5 Å². The van der Waals surface area contributed by atoms with Gasteiger partial charge in [0.1, 0.15) is 5.52 Å². The topological polar surface area (TPSA) is 107 Å². The number of sulfone groups is 1. The summed E-state index contributed by atoms with van der Waals surface area (Å²) in [4.78, 5) is 9.14. The van der Waals surface area contributed by atoms with Gasteiger partial charge in [-0.05, 0) is 50.5 Å². The molecule has 30 heavy (non-hydrogen) atoms. The summed E-state index contributed by atoms with van der Waals surface area (Å²) >= 11 is 0. The first-order valence-corrected chi connectivity index (χ1v) is 12.6. The van der Waals surface area contributed by atoms with Gasteiger partial charge in [-0.15, -0.1) is 0 Å². The van der Waals surface area contributed by atoms with Crippen LogP contribution in [0, 0.1) is 27.7 Å². The van der Waals surface area contributed by atoms with Crippen LogP contribution in [0.2, 0.25) is 0 Å². The molecule has 4 heterocycles. The molecule has 0 aliphatic heterocycles. The highest BCUT2D eigenvalue weighted by atomic mass is 32.2. The number of aryl methyl sites for hydroxylation is 2. The Bertz CT molecular complexity index is 1470. The molecule has 4 rings (SSSR count). The zero-order valence-corrected chi connectivity index (χ0v) is 19.2. The number of nitrogens with zero attached hydrogens (tertiary/aromatic N) is 4. The molecule has 0 spiro atoms. The van der Waals surface area contributed by atoms with E-state index in [1.54, 1.807) is 4.52 Å². The molecule has 0 aromatic carbocycles. The smallest absolute Gasteiger partial charge is 0.251 e. The molecular weight excluding hydrogens is 424 g/mol. The lowest BCUT2D eigenvalue weighted by Gasteiger charge is -2.12. The second-order valence-electron chi connectivity index (χ2n) is 7.32. The van der Waals surface area contributed by atoms with Crippen molar-refractivity contribution in [1.29, 1.82) is 0 Å². The summed E-state index contributed by atoms with van der Waals surface area (Å²) in [5.74, 6) is 0.578. The molecule has 0 saturated heterocycles. The standard InChI is InChI=1S/C20H22N4O4S2/c1-7-29(25)18-16(23-24-13(5)11(3)10(2)12(4)17(18)24)20-22-15-8-14(30(6,26)27)9-21-19(15)28-20/h8-9H,7H2,1-6H3. The fraction of sp³-hybridized carbons (Fsp3) is 0.350. The van der Waals surface area contributed by atoms with Gasteiger partial charge in [0.2, 0.25) is 5.71 Å². The van der Waals surface area contributed by atoms with Gasteiger partial charge in [0.15, 0.2) is 15.5 Å². The van der Waals surface area contributed by atoms with Crippen molar-refractivity contribution in [1.82, 2.24) is 19.6 Å². The number of pyridine rings is 2. The second kappa shape index (κ2) is 6.98. The molecule has 4 aromatic heterocycles. The van der Waals surface area contributed by atoms with Crippen LogP contribution in [0.1, 0.15) is 29.3 Å². The van der Waals surface area contributed by atoms with Crippen LogP contribution >= 0.6 is 0 Å². The quantitative estimate of drug-likeness (QED) is 0.473. The van der Waals surface area contributed by atoms with Crippen LogP contribution in [0.5, 0.6) is 0 Å². The molecule has 158 valence electrons. The Hall–Kier alpha value is -2.59. The van der Waals surface area contributed by atoms with Crippen LogP contribution in [0.25, 0.3) is 28.3 Å². The van der Waals surface area contributed by atoms with Crippen molar-refractivity contribution in [3.8, 4) is 11.6 Å². The second-order valence-corrected chi connectivity index (χ2v) is 11.0. The first-order valence-electron chi connectivity index (χ1n) is 9.39. The average molecular weight is 447 g/mol. The predicted octanol–water partition coefficient (Wildman–Crippen LogP) is 3.30. The Labute approximate surface area is 176 Å². The third-order valence-electron chi connectivity index (χ3n) is 5.53. The maximum atomic E-state index is 13.0. The molecule has 0 fully saturated rings. The van der Waals surface area contributed by atoms with E-state index in [9.17, 15) is 12.6 Å². The van der Waals surface area contributed by atoms with Crippen LogP contribution in [-0.4, -0.2) is 44.2 Å². The summed E-state index contributed by atoms with van der Waals surface area (Å²) in [6.07, 6.45) is 2.35. The summed E-state index contributed by atoms with van der Waals surface area (Å²) in [7, 11) is -4.75. The first-order chi connectivity index (χ1) is 14.0. The Balaban J connectivity index is 2.07. The number of rotatable bonds is 4. The number of oxazole rings is 1. The fourth-order valence-corrected chi connectivity index (χ4v) is 5.13. The summed E-state index contributed by atoms with van der Waals surface area (Å²) in [6.45, 7) is 9.88. The molecule has 1 unspecified atom stereocenters. The van der Waals surface area contributed by atoms with E-state index in [1.807, 2.05) is 34.6 Å². The van der Waals surface area contributed by atoms with Gasteiger partial charge in [0, 0.05) is 23.9 Å². The Morgan fingerprint density at radius 1 is 1.13 bits per heavy atom. The van der Waals surface area contributed by atoms with Gasteiger partial charge in [-0.1, -0.05) is 6.92 Å². The third kappa shape index (κ3) is 3.05.